The Bertz CT molecular complexity index is 1160. The standard InChI is InChI=1S/C23H14BrNO2/c24-18-11-12-20-17(13-18)14-19(22(26)15-7-3-1-4-8-15)21(25-20)23(27)16-9-5-2-6-10-16/h1-14H. The van der Waals surface area contributed by atoms with Crippen molar-refractivity contribution in [1.29, 1.82) is 0 Å². The number of ketones is 2. The molecule has 0 bridgehead atoms. The van der Waals surface area contributed by atoms with Crippen LogP contribution in [0.15, 0.2) is 89.4 Å². The molecule has 0 atom stereocenters. The minimum atomic E-state index is -0.264. The van der Waals surface area contributed by atoms with E-state index in [1.165, 1.54) is 0 Å². The number of aromatic nitrogens is 1. The van der Waals surface area contributed by atoms with Gasteiger partial charge in [-0.1, -0.05) is 76.6 Å². The van der Waals surface area contributed by atoms with Gasteiger partial charge in [-0.05, 0) is 24.3 Å². The second-order valence-electron chi connectivity index (χ2n) is 6.11. The summed E-state index contributed by atoms with van der Waals surface area (Å²) in [5.41, 5.74) is 2.17. The molecule has 3 nitrogen and oxygen atoms in total. The zero-order chi connectivity index (χ0) is 18.8. The quantitative estimate of drug-likeness (QED) is 0.415. The second kappa shape index (κ2) is 7.25. The number of hydrogen-bond acceptors (Lipinski definition) is 3. The van der Waals surface area contributed by atoms with Gasteiger partial charge in [0.2, 0.25) is 5.78 Å². The fraction of sp³-hybridized carbons (Fsp3) is 0. The molecule has 4 aromatic rings. The van der Waals surface area contributed by atoms with E-state index >= 15 is 0 Å². The number of pyridine rings is 1. The van der Waals surface area contributed by atoms with Crippen LogP contribution < -0.4 is 0 Å². The van der Waals surface area contributed by atoms with E-state index in [0.29, 0.717) is 22.2 Å². The van der Waals surface area contributed by atoms with E-state index in [0.717, 1.165) is 9.86 Å². The molecule has 0 amide bonds. The van der Waals surface area contributed by atoms with Crippen LogP contribution in [0.25, 0.3) is 10.9 Å². The van der Waals surface area contributed by atoms with Crippen LogP contribution >= 0.6 is 15.9 Å². The van der Waals surface area contributed by atoms with Crippen LogP contribution in [-0.4, -0.2) is 16.6 Å². The van der Waals surface area contributed by atoms with Crippen molar-refractivity contribution in [2.24, 2.45) is 0 Å². The monoisotopic (exact) mass is 415 g/mol. The number of halogens is 1. The smallest absolute Gasteiger partial charge is 0.212 e. The predicted octanol–water partition coefficient (Wildman–Crippen LogP) is 5.46. The summed E-state index contributed by atoms with van der Waals surface area (Å²) in [6, 6.07) is 25.2. The first-order valence-electron chi connectivity index (χ1n) is 8.43. The molecule has 0 aliphatic carbocycles. The molecule has 0 aliphatic rings. The highest BCUT2D eigenvalue weighted by molar-refractivity contribution is 9.10. The Morgan fingerprint density at radius 3 is 1.93 bits per heavy atom. The Hall–Kier alpha value is -3.11. The number of fused-ring (bicyclic) bond motifs is 1. The number of nitrogens with zero attached hydrogens (tertiary/aromatic N) is 1. The number of carbonyl (C=O) groups excluding carboxylic acids is 2. The normalized spacial score (nSPS) is 10.7. The minimum absolute atomic E-state index is 0.171. The Morgan fingerprint density at radius 2 is 1.30 bits per heavy atom. The highest BCUT2D eigenvalue weighted by Gasteiger charge is 2.22. The van der Waals surface area contributed by atoms with Gasteiger partial charge in [0.15, 0.2) is 5.78 Å². The van der Waals surface area contributed by atoms with Crippen LogP contribution in [-0.2, 0) is 0 Å². The lowest BCUT2D eigenvalue weighted by atomic mass is 9.96. The number of benzene rings is 3. The zero-order valence-corrected chi connectivity index (χ0v) is 15.8. The van der Waals surface area contributed by atoms with E-state index in [-0.39, 0.29) is 17.3 Å². The summed E-state index contributed by atoms with van der Waals surface area (Å²) in [5, 5.41) is 0.799. The molecule has 0 fully saturated rings. The molecule has 1 heterocycles. The highest BCUT2D eigenvalue weighted by atomic mass is 79.9. The lowest BCUT2D eigenvalue weighted by Crippen LogP contribution is -2.13. The molecular formula is C23H14BrNO2. The van der Waals surface area contributed by atoms with Gasteiger partial charge in [-0.15, -0.1) is 0 Å². The van der Waals surface area contributed by atoms with Crippen LogP contribution in [0.5, 0.6) is 0 Å². The van der Waals surface area contributed by atoms with Gasteiger partial charge >= 0.3 is 0 Å². The number of carbonyl (C=O) groups is 2. The maximum atomic E-state index is 13.1. The topological polar surface area (TPSA) is 47.0 Å². The Balaban J connectivity index is 1.94. The van der Waals surface area contributed by atoms with Crippen molar-refractivity contribution in [3.05, 3.63) is 112 Å². The van der Waals surface area contributed by atoms with Crippen molar-refractivity contribution in [3.8, 4) is 0 Å². The van der Waals surface area contributed by atoms with Crippen LogP contribution in [0.3, 0.4) is 0 Å². The van der Waals surface area contributed by atoms with Crippen LogP contribution in [0, 0.1) is 0 Å². The SMILES string of the molecule is O=C(c1ccccc1)c1cc2cc(Br)ccc2nc1C(=O)c1ccccc1. The highest BCUT2D eigenvalue weighted by Crippen LogP contribution is 2.24. The molecule has 3 aromatic carbocycles. The lowest BCUT2D eigenvalue weighted by molar-refractivity contribution is 0.1000. The van der Waals surface area contributed by atoms with Crippen molar-refractivity contribution in [2.45, 2.75) is 0 Å². The average Bonchev–Trinajstić information content (AvgIpc) is 2.73. The van der Waals surface area contributed by atoms with E-state index in [1.807, 2.05) is 30.3 Å². The summed E-state index contributed by atoms with van der Waals surface area (Å²) in [6.45, 7) is 0. The third-order valence-electron chi connectivity index (χ3n) is 4.31. The first-order valence-corrected chi connectivity index (χ1v) is 9.22. The molecular weight excluding hydrogens is 402 g/mol. The Morgan fingerprint density at radius 1 is 0.704 bits per heavy atom. The maximum absolute atomic E-state index is 13.1. The molecule has 0 radical (unpaired) electrons. The van der Waals surface area contributed by atoms with Crippen LogP contribution in [0.2, 0.25) is 0 Å². The summed E-state index contributed by atoms with van der Waals surface area (Å²) >= 11 is 3.44. The lowest BCUT2D eigenvalue weighted by Gasteiger charge is -2.10. The largest absolute Gasteiger partial charge is 0.289 e. The Kier molecular flexibility index (Phi) is 4.65. The van der Waals surface area contributed by atoms with Gasteiger partial charge in [0.1, 0.15) is 5.69 Å². The van der Waals surface area contributed by atoms with E-state index in [1.54, 1.807) is 54.6 Å². The third kappa shape index (κ3) is 3.44. The second-order valence-corrected chi connectivity index (χ2v) is 7.03. The maximum Gasteiger partial charge on any atom is 0.212 e. The fourth-order valence-electron chi connectivity index (χ4n) is 2.96. The van der Waals surface area contributed by atoms with E-state index in [2.05, 4.69) is 20.9 Å². The molecule has 0 N–H and O–H groups in total. The molecule has 0 saturated carbocycles. The number of hydrogen-bond donors (Lipinski definition) is 0. The molecule has 4 rings (SSSR count). The van der Waals surface area contributed by atoms with Gasteiger partial charge in [-0.3, -0.25) is 9.59 Å². The molecule has 27 heavy (non-hydrogen) atoms. The molecule has 1 aromatic heterocycles. The summed E-state index contributed by atoms with van der Waals surface area (Å²) in [5.74, 6) is -0.482. The number of rotatable bonds is 4. The van der Waals surface area contributed by atoms with Crippen molar-refractivity contribution in [2.75, 3.05) is 0 Å². The fourth-order valence-corrected chi connectivity index (χ4v) is 3.34. The van der Waals surface area contributed by atoms with Gasteiger partial charge < -0.3 is 0 Å². The summed E-state index contributed by atoms with van der Waals surface area (Å²) < 4.78 is 0.886. The average molecular weight is 416 g/mol. The minimum Gasteiger partial charge on any atom is -0.289 e. The molecule has 0 unspecified atom stereocenters. The summed E-state index contributed by atoms with van der Waals surface area (Å²) in [4.78, 5) is 30.8. The summed E-state index contributed by atoms with van der Waals surface area (Å²) in [6.07, 6.45) is 0. The van der Waals surface area contributed by atoms with Gasteiger partial charge in [0, 0.05) is 21.0 Å². The summed E-state index contributed by atoms with van der Waals surface area (Å²) in [7, 11) is 0. The first-order chi connectivity index (χ1) is 13.1. The van der Waals surface area contributed by atoms with Crippen LogP contribution in [0.1, 0.15) is 32.0 Å². The van der Waals surface area contributed by atoms with Crippen molar-refractivity contribution in [3.63, 3.8) is 0 Å². The van der Waals surface area contributed by atoms with E-state index in [9.17, 15) is 9.59 Å². The van der Waals surface area contributed by atoms with Crippen LogP contribution in [0.4, 0.5) is 0 Å². The third-order valence-corrected chi connectivity index (χ3v) is 4.80. The zero-order valence-electron chi connectivity index (χ0n) is 14.2. The Labute approximate surface area is 164 Å². The molecule has 130 valence electrons. The van der Waals surface area contributed by atoms with Crippen molar-refractivity contribution in [1.82, 2.24) is 4.98 Å². The van der Waals surface area contributed by atoms with Gasteiger partial charge in [0.25, 0.3) is 0 Å². The van der Waals surface area contributed by atoms with Crippen molar-refractivity contribution >= 4 is 38.4 Å². The van der Waals surface area contributed by atoms with Gasteiger partial charge in [-0.2, -0.15) is 0 Å². The van der Waals surface area contributed by atoms with Crippen molar-refractivity contribution < 1.29 is 9.59 Å². The molecule has 4 heteroatoms. The van der Waals surface area contributed by atoms with Gasteiger partial charge in [-0.25, -0.2) is 4.98 Å². The van der Waals surface area contributed by atoms with E-state index in [4.69, 9.17) is 0 Å². The molecule has 0 saturated heterocycles. The molecule has 0 aliphatic heterocycles. The van der Waals surface area contributed by atoms with E-state index < -0.39 is 0 Å². The first kappa shape index (κ1) is 17.3. The predicted molar refractivity (Wildman–Crippen MR) is 109 cm³/mol. The van der Waals surface area contributed by atoms with Gasteiger partial charge in [0.05, 0.1) is 11.1 Å². The molecule has 0 spiro atoms.